The number of likely N-dealkylation sites (tertiary alicyclic amines) is 1. The van der Waals surface area contributed by atoms with E-state index in [2.05, 4.69) is 52.9 Å². The average Bonchev–Trinajstić information content (AvgIpc) is 2.97. The maximum atomic E-state index is 10.00. The fourth-order valence-corrected chi connectivity index (χ4v) is 4.39. The van der Waals surface area contributed by atoms with Crippen molar-refractivity contribution in [2.45, 2.75) is 83.9 Å². The van der Waals surface area contributed by atoms with Crippen LogP contribution in [-0.4, -0.2) is 78.1 Å². The minimum atomic E-state index is -0.207. The molecule has 5 nitrogen and oxygen atoms in total. The molecule has 2 heterocycles. The van der Waals surface area contributed by atoms with E-state index in [1.807, 2.05) is 0 Å². The summed E-state index contributed by atoms with van der Waals surface area (Å²) in [5, 5.41) is 10.00. The van der Waals surface area contributed by atoms with Gasteiger partial charge in [0.05, 0.1) is 0 Å². The average molecular weight is 405 g/mol. The number of hydrogen-bond acceptors (Lipinski definition) is 5. The van der Waals surface area contributed by atoms with Gasteiger partial charge in [-0.1, -0.05) is 38.0 Å². The molecule has 1 aliphatic carbocycles. The van der Waals surface area contributed by atoms with Crippen molar-refractivity contribution in [3.8, 4) is 0 Å². The SMILES string of the molecule is C/C=C1\CCCN(C(O)CCCC)CC1.C=NC(=C)N1CCN(C2CCC2)CC1. The number of aliphatic imine (C=N–C) groups is 1. The molecule has 0 radical (unpaired) electrons. The molecule has 0 spiro atoms. The maximum absolute atomic E-state index is 10.00. The van der Waals surface area contributed by atoms with Gasteiger partial charge in [0.15, 0.2) is 0 Å². The third-order valence-electron chi connectivity index (χ3n) is 6.76. The summed E-state index contributed by atoms with van der Waals surface area (Å²) >= 11 is 0. The van der Waals surface area contributed by atoms with Crippen molar-refractivity contribution in [2.24, 2.45) is 4.99 Å². The molecule has 3 rings (SSSR count). The number of aliphatic hydroxyl groups is 1. The Balaban J connectivity index is 0.000000207. The molecular formula is C24H44N4O. The molecule has 3 fully saturated rings. The second-order valence-electron chi connectivity index (χ2n) is 8.64. The van der Waals surface area contributed by atoms with E-state index >= 15 is 0 Å². The molecule has 1 atom stereocenters. The van der Waals surface area contributed by atoms with Gasteiger partial charge in [0.2, 0.25) is 0 Å². The van der Waals surface area contributed by atoms with Crippen molar-refractivity contribution >= 4 is 6.72 Å². The first kappa shape index (κ1) is 24.1. The lowest BCUT2D eigenvalue weighted by atomic mass is 9.91. The first-order chi connectivity index (χ1) is 14.1. The zero-order valence-electron chi connectivity index (χ0n) is 19.0. The van der Waals surface area contributed by atoms with Crippen LogP contribution in [0, 0.1) is 0 Å². The van der Waals surface area contributed by atoms with E-state index in [1.54, 1.807) is 5.57 Å². The topological polar surface area (TPSA) is 42.3 Å². The van der Waals surface area contributed by atoms with Crippen LogP contribution in [0.4, 0.5) is 0 Å². The van der Waals surface area contributed by atoms with E-state index in [1.165, 1.54) is 51.6 Å². The predicted octanol–water partition coefficient (Wildman–Crippen LogP) is 4.26. The summed E-state index contributed by atoms with van der Waals surface area (Å²) in [6.45, 7) is 18.2. The highest BCUT2D eigenvalue weighted by molar-refractivity contribution is 5.27. The number of piperazine rings is 1. The van der Waals surface area contributed by atoms with Gasteiger partial charge in [-0.2, -0.15) is 0 Å². The van der Waals surface area contributed by atoms with Crippen molar-refractivity contribution in [3.63, 3.8) is 0 Å². The van der Waals surface area contributed by atoms with E-state index in [-0.39, 0.29) is 6.23 Å². The van der Waals surface area contributed by atoms with E-state index in [9.17, 15) is 5.11 Å². The molecule has 0 bridgehead atoms. The Labute approximate surface area is 179 Å². The van der Waals surface area contributed by atoms with Gasteiger partial charge in [-0.3, -0.25) is 9.80 Å². The zero-order chi connectivity index (χ0) is 21.1. The van der Waals surface area contributed by atoms with Gasteiger partial charge in [0, 0.05) is 45.3 Å². The van der Waals surface area contributed by atoms with Crippen LogP contribution in [0.15, 0.2) is 29.0 Å². The lowest BCUT2D eigenvalue weighted by molar-refractivity contribution is -0.00109. The lowest BCUT2D eigenvalue weighted by Gasteiger charge is -2.43. The summed E-state index contributed by atoms with van der Waals surface area (Å²) in [6, 6.07) is 0.877. The van der Waals surface area contributed by atoms with Crippen LogP contribution < -0.4 is 0 Å². The number of nitrogens with zero attached hydrogens (tertiary/aromatic N) is 4. The Morgan fingerprint density at radius 1 is 1.14 bits per heavy atom. The monoisotopic (exact) mass is 404 g/mol. The Hall–Kier alpha value is -1.17. The van der Waals surface area contributed by atoms with Gasteiger partial charge in [0.25, 0.3) is 0 Å². The second kappa shape index (κ2) is 13.2. The van der Waals surface area contributed by atoms with E-state index < -0.39 is 0 Å². The number of rotatable bonds is 7. The molecule has 1 N–H and O–H groups in total. The van der Waals surface area contributed by atoms with Crippen LogP contribution in [0.2, 0.25) is 0 Å². The molecule has 0 aromatic carbocycles. The molecule has 0 aromatic heterocycles. The van der Waals surface area contributed by atoms with Gasteiger partial charge < -0.3 is 10.0 Å². The molecule has 3 aliphatic rings. The molecule has 0 amide bonds. The van der Waals surface area contributed by atoms with Crippen LogP contribution in [0.3, 0.4) is 0 Å². The summed E-state index contributed by atoms with van der Waals surface area (Å²) in [5.41, 5.74) is 1.56. The third kappa shape index (κ3) is 7.88. The molecule has 1 saturated carbocycles. The van der Waals surface area contributed by atoms with Crippen molar-refractivity contribution in [1.29, 1.82) is 0 Å². The molecule has 166 valence electrons. The fourth-order valence-electron chi connectivity index (χ4n) is 4.39. The van der Waals surface area contributed by atoms with Crippen molar-refractivity contribution in [3.05, 3.63) is 24.0 Å². The zero-order valence-corrected chi connectivity index (χ0v) is 19.0. The fraction of sp³-hybridized carbons (Fsp3) is 0.792. The summed E-state index contributed by atoms with van der Waals surface area (Å²) in [6.07, 6.45) is 13.0. The van der Waals surface area contributed by atoms with E-state index in [4.69, 9.17) is 0 Å². The Morgan fingerprint density at radius 2 is 1.86 bits per heavy atom. The Kier molecular flexibility index (Phi) is 11.0. The van der Waals surface area contributed by atoms with Crippen LogP contribution in [0.1, 0.15) is 71.6 Å². The van der Waals surface area contributed by atoms with Gasteiger partial charge in [-0.25, -0.2) is 4.99 Å². The highest BCUT2D eigenvalue weighted by atomic mass is 16.3. The van der Waals surface area contributed by atoms with Crippen molar-refractivity contribution in [1.82, 2.24) is 14.7 Å². The highest BCUT2D eigenvalue weighted by Crippen LogP contribution is 2.26. The second-order valence-corrected chi connectivity index (χ2v) is 8.64. The predicted molar refractivity (Wildman–Crippen MR) is 124 cm³/mol. The van der Waals surface area contributed by atoms with Crippen molar-refractivity contribution < 1.29 is 5.11 Å². The number of hydrogen-bond donors (Lipinski definition) is 1. The number of aliphatic hydroxyl groups excluding tert-OH is 1. The van der Waals surface area contributed by atoms with Gasteiger partial charge in [0.1, 0.15) is 12.0 Å². The summed E-state index contributed by atoms with van der Waals surface area (Å²) < 4.78 is 0. The van der Waals surface area contributed by atoms with Crippen LogP contribution >= 0.6 is 0 Å². The minimum Gasteiger partial charge on any atom is -0.378 e. The van der Waals surface area contributed by atoms with Gasteiger partial charge >= 0.3 is 0 Å². The molecule has 2 aliphatic heterocycles. The Morgan fingerprint density at radius 3 is 2.41 bits per heavy atom. The normalized spacial score (nSPS) is 24.2. The molecule has 29 heavy (non-hydrogen) atoms. The minimum absolute atomic E-state index is 0.207. The quantitative estimate of drug-likeness (QED) is 0.509. The first-order valence-corrected chi connectivity index (χ1v) is 11.8. The number of unbranched alkanes of at least 4 members (excludes halogenated alkanes) is 1. The summed E-state index contributed by atoms with van der Waals surface area (Å²) in [5.74, 6) is 0.832. The van der Waals surface area contributed by atoms with Crippen LogP contribution in [0.25, 0.3) is 0 Å². The Bertz CT molecular complexity index is 521. The third-order valence-corrected chi connectivity index (χ3v) is 6.76. The molecule has 5 heteroatoms. The largest absolute Gasteiger partial charge is 0.378 e. The number of allylic oxidation sites excluding steroid dienone is 1. The van der Waals surface area contributed by atoms with Crippen LogP contribution in [0.5, 0.6) is 0 Å². The molecule has 1 unspecified atom stereocenters. The van der Waals surface area contributed by atoms with E-state index in [0.717, 1.165) is 57.3 Å². The molecule has 0 aromatic rings. The summed E-state index contributed by atoms with van der Waals surface area (Å²) in [7, 11) is 0. The summed E-state index contributed by atoms with van der Waals surface area (Å²) in [4.78, 5) is 11.0. The lowest BCUT2D eigenvalue weighted by Crippen LogP contribution is -2.51. The standard InChI is InChI=1S/C13H25NO.C11H19N3/c1-3-5-8-13(15)14-10-6-7-12(4-2)9-11-14;1-10(12-2)13-6-8-14(9-7-13)11-4-3-5-11/h4,13,15H,3,5-11H2,1-2H3;11H,1-9H2/b12-4+;. The smallest absolute Gasteiger partial charge is 0.120 e. The van der Waals surface area contributed by atoms with Gasteiger partial charge in [-0.15, -0.1) is 0 Å². The first-order valence-electron chi connectivity index (χ1n) is 11.8. The maximum Gasteiger partial charge on any atom is 0.120 e. The highest BCUT2D eigenvalue weighted by Gasteiger charge is 2.27. The van der Waals surface area contributed by atoms with Gasteiger partial charge in [-0.05, 0) is 58.6 Å². The molecular weight excluding hydrogens is 360 g/mol. The van der Waals surface area contributed by atoms with Crippen LogP contribution in [-0.2, 0) is 0 Å². The molecule has 2 saturated heterocycles. The van der Waals surface area contributed by atoms with E-state index in [0.29, 0.717) is 0 Å². The van der Waals surface area contributed by atoms with Crippen molar-refractivity contribution in [2.75, 3.05) is 39.3 Å².